The van der Waals surface area contributed by atoms with Crippen molar-refractivity contribution >= 4 is 12.2 Å². The minimum absolute atomic E-state index is 0.340. The summed E-state index contributed by atoms with van der Waals surface area (Å²) in [6.45, 7) is 1.99. The molecule has 0 saturated carbocycles. The van der Waals surface area contributed by atoms with Crippen LogP contribution in [0.1, 0.15) is 13.3 Å². The molecule has 0 heterocycles. The average molecular weight is 113 g/mol. The van der Waals surface area contributed by atoms with E-state index in [0.29, 0.717) is 5.96 Å². The highest BCUT2D eigenvalue weighted by Gasteiger charge is 1.75. The standard InChI is InChI=1S/C5H11N3/c1-3-4-8-5(6)7-2/h4H,3H2,1-2H3,(H2,6,7). The van der Waals surface area contributed by atoms with Gasteiger partial charge in [0.25, 0.3) is 0 Å². The third-order valence-corrected chi connectivity index (χ3v) is 0.635. The molecule has 0 atom stereocenters. The van der Waals surface area contributed by atoms with Crippen molar-refractivity contribution in [2.24, 2.45) is 15.7 Å². The highest BCUT2D eigenvalue weighted by atomic mass is 15.0. The molecule has 0 aliphatic heterocycles. The normalized spacial score (nSPS) is 13.0. The maximum atomic E-state index is 5.21. The molecule has 0 radical (unpaired) electrons. The number of nitrogens with zero attached hydrogens (tertiary/aromatic N) is 2. The fourth-order valence-corrected chi connectivity index (χ4v) is 0.243. The van der Waals surface area contributed by atoms with E-state index in [0.717, 1.165) is 6.42 Å². The molecule has 0 rings (SSSR count). The van der Waals surface area contributed by atoms with Gasteiger partial charge in [-0.25, -0.2) is 4.99 Å². The van der Waals surface area contributed by atoms with Gasteiger partial charge in [-0.2, -0.15) is 0 Å². The molecule has 46 valence electrons. The van der Waals surface area contributed by atoms with Crippen LogP contribution >= 0.6 is 0 Å². The van der Waals surface area contributed by atoms with E-state index in [4.69, 9.17) is 5.73 Å². The summed E-state index contributed by atoms with van der Waals surface area (Å²) >= 11 is 0. The van der Waals surface area contributed by atoms with Gasteiger partial charge in [-0.3, -0.25) is 4.99 Å². The Bertz CT molecular complexity index is 104. The van der Waals surface area contributed by atoms with Crippen molar-refractivity contribution in [1.82, 2.24) is 0 Å². The van der Waals surface area contributed by atoms with Crippen molar-refractivity contribution in [1.29, 1.82) is 0 Å². The number of hydrogen-bond donors (Lipinski definition) is 1. The predicted octanol–water partition coefficient (Wildman–Crippen LogP) is 0.412. The lowest BCUT2D eigenvalue weighted by atomic mass is 10.5. The Morgan fingerprint density at radius 1 is 1.75 bits per heavy atom. The number of nitrogens with two attached hydrogens (primary N) is 1. The van der Waals surface area contributed by atoms with E-state index in [1.165, 1.54) is 0 Å². The van der Waals surface area contributed by atoms with Crippen molar-refractivity contribution in [3.8, 4) is 0 Å². The first-order chi connectivity index (χ1) is 3.81. The van der Waals surface area contributed by atoms with E-state index in [9.17, 15) is 0 Å². The number of rotatable bonds is 1. The second-order valence-corrected chi connectivity index (χ2v) is 1.30. The molecule has 3 nitrogen and oxygen atoms in total. The molecule has 0 bridgehead atoms. The Morgan fingerprint density at radius 2 is 2.38 bits per heavy atom. The summed E-state index contributed by atoms with van der Waals surface area (Å²) < 4.78 is 0. The summed E-state index contributed by atoms with van der Waals surface area (Å²) in [6.07, 6.45) is 2.62. The molecule has 2 N–H and O–H groups in total. The van der Waals surface area contributed by atoms with E-state index >= 15 is 0 Å². The topological polar surface area (TPSA) is 50.7 Å². The summed E-state index contributed by atoms with van der Waals surface area (Å²) in [7, 11) is 1.61. The molecule has 0 aromatic carbocycles. The summed E-state index contributed by atoms with van der Waals surface area (Å²) in [5.41, 5.74) is 5.21. The first-order valence-corrected chi connectivity index (χ1v) is 2.56. The highest BCUT2D eigenvalue weighted by Crippen LogP contribution is 1.69. The predicted molar refractivity (Wildman–Crippen MR) is 36.3 cm³/mol. The fraction of sp³-hybridized carbons (Fsp3) is 0.600. The van der Waals surface area contributed by atoms with Gasteiger partial charge in [0, 0.05) is 13.3 Å². The van der Waals surface area contributed by atoms with Gasteiger partial charge in [0.1, 0.15) is 0 Å². The molecule has 0 amide bonds. The molecule has 0 aromatic heterocycles. The monoisotopic (exact) mass is 113 g/mol. The van der Waals surface area contributed by atoms with Crippen LogP contribution in [0.25, 0.3) is 0 Å². The fourth-order valence-electron chi connectivity index (χ4n) is 0.243. The van der Waals surface area contributed by atoms with Crippen molar-refractivity contribution in [3.63, 3.8) is 0 Å². The van der Waals surface area contributed by atoms with Crippen LogP contribution in [0.2, 0.25) is 0 Å². The molecular formula is C5H11N3. The van der Waals surface area contributed by atoms with Gasteiger partial charge in [0.15, 0.2) is 0 Å². The lowest BCUT2D eigenvalue weighted by Gasteiger charge is -1.83. The third-order valence-electron chi connectivity index (χ3n) is 0.635. The van der Waals surface area contributed by atoms with Gasteiger partial charge < -0.3 is 5.73 Å². The second kappa shape index (κ2) is 4.30. The van der Waals surface area contributed by atoms with E-state index in [1.54, 1.807) is 13.3 Å². The molecule has 0 saturated heterocycles. The SMILES string of the molecule is CCC=NC(N)=NC. The van der Waals surface area contributed by atoms with Crippen LogP contribution in [0.5, 0.6) is 0 Å². The molecule has 8 heavy (non-hydrogen) atoms. The summed E-state index contributed by atoms with van der Waals surface area (Å²) in [5, 5.41) is 0. The molecule has 0 spiro atoms. The van der Waals surface area contributed by atoms with Gasteiger partial charge in [-0.15, -0.1) is 0 Å². The molecular weight excluding hydrogens is 102 g/mol. The van der Waals surface area contributed by atoms with Crippen molar-refractivity contribution in [2.45, 2.75) is 13.3 Å². The smallest absolute Gasteiger partial charge is 0.214 e. The average Bonchev–Trinajstić information content (AvgIpc) is 1.83. The van der Waals surface area contributed by atoms with Crippen LogP contribution < -0.4 is 5.73 Å². The van der Waals surface area contributed by atoms with Gasteiger partial charge in [0.05, 0.1) is 0 Å². The Balaban J connectivity index is 3.53. The first-order valence-electron chi connectivity index (χ1n) is 2.56. The van der Waals surface area contributed by atoms with Crippen molar-refractivity contribution in [3.05, 3.63) is 0 Å². The van der Waals surface area contributed by atoms with Crippen molar-refractivity contribution < 1.29 is 0 Å². The summed E-state index contributed by atoms with van der Waals surface area (Å²) in [4.78, 5) is 7.39. The first kappa shape index (κ1) is 7.14. The quantitative estimate of drug-likeness (QED) is 0.388. The minimum Gasteiger partial charge on any atom is -0.368 e. The highest BCUT2D eigenvalue weighted by molar-refractivity contribution is 5.86. The Hall–Kier alpha value is -0.860. The van der Waals surface area contributed by atoms with Gasteiger partial charge in [0.2, 0.25) is 5.96 Å². The Labute approximate surface area is 49.3 Å². The largest absolute Gasteiger partial charge is 0.368 e. The number of guanidine groups is 1. The van der Waals surface area contributed by atoms with Crippen LogP contribution in [0.15, 0.2) is 9.98 Å². The second-order valence-electron chi connectivity index (χ2n) is 1.30. The third kappa shape index (κ3) is 3.33. The zero-order valence-corrected chi connectivity index (χ0v) is 5.26. The maximum Gasteiger partial charge on any atom is 0.214 e. The van der Waals surface area contributed by atoms with Crippen LogP contribution in [0.3, 0.4) is 0 Å². The zero-order chi connectivity index (χ0) is 6.41. The lowest BCUT2D eigenvalue weighted by molar-refractivity contribution is 1.30. The summed E-state index contributed by atoms with van der Waals surface area (Å²) in [6, 6.07) is 0. The van der Waals surface area contributed by atoms with Crippen LogP contribution in [0.4, 0.5) is 0 Å². The van der Waals surface area contributed by atoms with E-state index in [2.05, 4.69) is 9.98 Å². The molecule has 0 unspecified atom stereocenters. The molecule has 0 fully saturated rings. The van der Waals surface area contributed by atoms with Gasteiger partial charge >= 0.3 is 0 Å². The Morgan fingerprint density at radius 3 is 2.75 bits per heavy atom. The summed E-state index contributed by atoms with van der Waals surface area (Å²) in [5.74, 6) is 0.340. The van der Waals surface area contributed by atoms with E-state index in [1.807, 2.05) is 6.92 Å². The Kier molecular flexibility index (Phi) is 3.84. The van der Waals surface area contributed by atoms with Crippen molar-refractivity contribution in [2.75, 3.05) is 7.05 Å². The van der Waals surface area contributed by atoms with Gasteiger partial charge in [-0.05, 0) is 6.42 Å². The maximum absolute atomic E-state index is 5.21. The molecule has 3 heteroatoms. The molecule has 0 aliphatic rings. The minimum atomic E-state index is 0.340. The lowest BCUT2D eigenvalue weighted by Crippen LogP contribution is -2.07. The molecule has 0 aromatic rings. The van der Waals surface area contributed by atoms with Gasteiger partial charge in [-0.1, -0.05) is 6.92 Å². The van der Waals surface area contributed by atoms with E-state index < -0.39 is 0 Å². The van der Waals surface area contributed by atoms with Crippen LogP contribution in [-0.4, -0.2) is 19.2 Å². The number of hydrogen-bond acceptors (Lipinski definition) is 1. The van der Waals surface area contributed by atoms with Crippen LogP contribution in [-0.2, 0) is 0 Å². The van der Waals surface area contributed by atoms with E-state index in [-0.39, 0.29) is 0 Å². The zero-order valence-electron chi connectivity index (χ0n) is 5.26. The molecule has 0 aliphatic carbocycles. The van der Waals surface area contributed by atoms with Crippen LogP contribution in [0, 0.1) is 0 Å². The number of aliphatic imine (C=N–C) groups is 2.